The first-order chi connectivity index (χ1) is 10.1. The summed E-state index contributed by atoms with van der Waals surface area (Å²) in [4.78, 5) is 12.1. The van der Waals surface area contributed by atoms with E-state index >= 15 is 0 Å². The zero-order chi connectivity index (χ0) is 15.2. The normalized spacial score (nSPS) is 11.5. The summed E-state index contributed by atoms with van der Waals surface area (Å²) in [5, 5.41) is 11.6. The number of carbonyl (C=O) groups is 1. The minimum Gasteiger partial charge on any atom is -0.322 e. The average Bonchev–Trinajstić information content (AvgIpc) is 2.55. The number of nitrogens with zero attached hydrogens (tertiary/aromatic N) is 1. The van der Waals surface area contributed by atoms with Crippen molar-refractivity contribution in [1.82, 2.24) is 0 Å². The maximum absolute atomic E-state index is 12.1. The van der Waals surface area contributed by atoms with Gasteiger partial charge < -0.3 is 5.32 Å². The zero-order valence-electron chi connectivity index (χ0n) is 12.3. The third-order valence-electron chi connectivity index (χ3n) is 3.63. The summed E-state index contributed by atoms with van der Waals surface area (Å²) in [6, 6.07) is 16.5. The first-order valence-electron chi connectivity index (χ1n) is 7.05. The second kappa shape index (κ2) is 6.71. The van der Waals surface area contributed by atoms with E-state index in [9.17, 15) is 4.79 Å². The van der Waals surface area contributed by atoms with E-state index in [4.69, 9.17) is 5.26 Å². The maximum Gasteiger partial charge on any atom is 0.255 e. The molecular formula is C18H18N2O. The van der Waals surface area contributed by atoms with E-state index in [0.29, 0.717) is 17.0 Å². The van der Waals surface area contributed by atoms with E-state index in [2.05, 4.69) is 19.2 Å². The summed E-state index contributed by atoms with van der Waals surface area (Å²) in [5.41, 5.74) is 3.13. The quantitative estimate of drug-likeness (QED) is 0.905. The van der Waals surface area contributed by atoms with Gasteiger partial charge in [0, 0.05) is 11.3 Å². The number of rotatable bonds is 4. The molecule has 0 radical (unpaired) electrons. The van der Waals surface area contributed by atoms with Crippen molar-refractivity contribution in [2.75, 3.05) is 5.32 Å². The molecule has 0 fully saturated rings. The molecule has 0 aliphatic heterocycles. The minimum atomic E-state index is -0.171. The zero-order valence-corrected chi connectivity index (χ0v) is 12.3. The van der Waals surface area contributed by atoms with E-state index < -0.39 is 0 Å². The number of hydrogen-bond donors (Lipinski definition) is 1. The van der Waals surface area contributed by atoms with Crippen LogP contribution in [-0.4, -0.2) is 5.91 Å². The first kappa shape index (κ1) is 14.8. The van der Waals surface area contributed by atoms with E-state index in [1.165, 1.54) is 5.56 Å². The molecule has 0 aromatic heterocycles. The van der Waals surface area contributed by atoms with Crippen molar-refractivity contribution in [3.63, 3.8) is 0 Å². The van der Waals surface area contributed by atoms with Crippen LogP contribution in [0.5, 0.6) is 0 Å². The molecule has 2 aromatic carbocycles. The van der Waals surface area contributed by atoms with Crippen LogP contribution in [0.1, 0.15) is 47.7 Å². The molecule has 0 aliphatic rings. The van der Waals surface area contributed by atoms with Crippen LogP contribution in [-0.2, 0) is 0 Å². The number of nitriles is 1. The molecule has 2 aromatic rings. The van der Waals surface area contributed by atoms with E-state index in [1.807, 2.05) is 30.3 Å². The van der Waals surface area contributed by atoms with Gasteiger partial charge in [-0.05, 0) is 54.3 Å². The van der Waals surface area contributed by atoms with Gasteiger partial charge in [0.05, 0.1) is 11.6 Å². The van der Waals surface area contributed by atoms with Gasteiger partial charge in [-0.1, -0.05) is 26.0 Å². The van der Waals surface area contributed by atoms with Crippen molar-refractivity contribution in [3.8, 4) is 6.07 Å². The molecule has 1 amide bonds. The predicted octanol–water partition coefficient (Wildman–Crippen LogP) is 4.32. The van der Waals surface area contributed by atoms with Crippen LogP contribution in [0.2, 0.25) is 0 Å². The molecule has 0 aliphatic carbocycles. The van der Waals surface area contributed by atoms with Gasteiger partial charge in [-0.3, -0.25) is 4.79 Å². The van der Waals surface area contributed by atoms with Gasteiger partial charge in [0.2, 0.25) is 0 Å². The van der Waals surface area contributed by atoms with E-state index in [0.717, 1.165) is 12.1 Å². The molecule has 0 spiro atoms. The Morgan fingerprint density at radius 2 is 1.76 bits per heavy atom. The Labute approximate surface area is 125 Å². The fourth-order valence-corrected chi connectivity index (χ4v) is 2.03. The predicted molar refractivity (Wildman–Crippen MR) is 84.3 cm³/mol. The van der Waals surface area contributed by atoms with E-state index in [1.54, 1.807) is 24.3 Å². The van der Waals surface area contributed by atoms with E-state index in [-0.39, 0.29) is 5.91 Å². The molecule has 106 valence electrons. The summed E-state index contributed by atoms with van der Waals surface area (Å²) >= 11 is 0. The van der Waals surface area contributed by atoms with Crippen molar-refractivity contribution in [1.29, 1.82) is 5.26 Å². The Morgan fingerprint density at radius 3 is 2.29 bits per heavy atom. The van der Waals surface area contributed by atoms with Crippen LogP contribution < -0.4 is 5.32 Å². The molecule has 2 rings (SSSR count). The number of benzene rings is 2. The third-order valence-corrected chi connectivity index (χ3v) is 3.63. The molecular weight excluding hydrogens is 260 g/mol. The smallest absolute Gasteiger partial charge is 0.255 e. The van der Waals surface area contributed by atoms with Crippen LogP contribution in [0.15, 0.2) is 48.5 Å². The van der Waals surface area contributed by atoms with Gasteiger partial charge in [0.25, 0.3) is 5.91 Å². The van der Waals surface area contributed by atoms with Gasteiger partial charge in [0.1, 0.15) is 0 Å². The maximum atomic E-state index is 12.1. The summed E-state index contributed by atoms with van der Waals surface area (Å²) in [6.45, 7) is 4.34. The molecule has 1 N–H and O–H groups in total. The van der Waals surface area contributed by atoms with Gasteiger partial charge in [-0.25, -0.2) is 0 Å². The molecule has 3 nitrogen and oxygen atoms in total. The Kier molecular flexibility index (Phi) is 4.73. The molecule has 0 saturated carbocycles. The van der Waals surface area contributed by atoms with Crippen LogP contribution in [0.3, 0.4) is 0 Å². The standard InChI is InChI=1S/C18H18N2O/c1-3-13(2)15-8-10-17(11-9-15)20-18(21)16-6-4-14(12-19)5-7-16/h4-11,13H,3H2,1-2H3,(H,20,21)/t13-/m1/s1. The minimum absolute atomic E-state index is 0.171. The van der Waals surface area contributed by atoms with Crippen LogP contribution in [0.25, 0.3) is 0 Å². The lowest BCUT2D eigenvalue weighted by Gasteiger charge is -2.10. The van der Waals surface area contributed by atoms with Crippen LogP contribution in [0, 0.1) is 11.3 Å². The van der Waals surface area contributed by atoms with Crippen molar-refractivity contribution >= 4 is 11.6 Å². The van der Waals surface area contributed by atoms with Crippen molar-refractivity contribution < 1.29 is 4.79 Å². The Bertz CT molecular complexity index is 651. The molecule has 21 heavy (non-hydrogen) atoms. The monoisotopic (exact) mass is 278 g/mol. The highest BCUT2D eigenvalue weighted by atomic mass is 16.1. The summed E-state index contributed by atoms with van der Waals surface area (Å²) in [5.74, 6) is 0.351. The lowest BCUT2D eigenvalue weighted by atomic mass is 9.98. The van der Waals surface area contributed by atoms with Crippen molar-refractivity contribution in [2.24, 2.45) is 0 Å². The van der Waals surface area contributed by atoms with Crippen LogP contribution in [0.4, 0.5) is 5.69 Å². The Morgan fingerprint density at radius 1 is 1.14 bits per heavy atom. The van der Waals surface area contributed by atoms with Crippen LogP contribution >= 0.6 is 0 Å². The topological polar surface area (TPSA) is 52.9 Å². The lowest BCUT2D eigenvalue weighted by Crippen LogP contribution is -2.11. The van der Waals surface area contributed by atoms with Gasteiger partial charge in [0.15, 0.2) is 0 Å². The lowest BCUT2D eigenvalue weighted by molar-refractivity contribution is 0.102. The second-order valence-corrected chi connectivity index (χ2v) is 5.07. The summed E-state index contributed by atoms with van der Waals surface area (Å²) < 4.78 is 0. The number of anilines is 1. The number of nitrogens with one attached hydrogen (secondary N) is 1. The summed E-state index contributed by atoms with van der Waals surface area (Å²) in [6.07, 6.45) is 1.09. The number of carbonyl (C=O) groups excluding carboxylic acids is 1. The highest BCUT2D eigenvalue weighted by Crippen LogP contribution is 2.20. The largest absolute Gasteiger partial charge is 0.322 e. The SMILES string of the molecule is CC[C@@H](C)c1ccc(NC(=O)c2ccc(C#N)cc2)cc1. The molecule has 1 atom stereocenters. The average molecular weight is 278 g/mol. The summed E-state index contributed by atoms with van der Waals surface area (Å²) in [7, 11) is 0. The number of amides is 1. The van der Waals surface area contributed by atoms with Gasteiger partial charge >= 0.3 is 0 Å². The highest BCUT2D eigenvalue weighted by Gasteiger charge is 2.07. The molecule has 0 heterocycles. The fraction of sp³-hybridized carbons (Fsp3) is 0.222. The third kappa shape index (κ3) is 3.70. The van der Waals surface area contributed by atoms with Gasteiger partial charge in [-0.2, -0.15) is 5.26 Å². The first-order valence-corrected chi connectivity index (χ1v) is 7.05. The van der Waals surface area contributed by atoms with Crippen molar-refractivity contribution in [2.45, 2.75) is 26.2 Å². The molecule has 0 unspecified atom stereocenters. The molecule has 0 saturated heterocycles. The highest BCUT2D eigenvalue weighted by molar-refractivity contribution is 6.04. The Hall–Kier alpha value is -2.60. The van der Waals surface area contributed by atoms with Gasteiger partial charge in [-0.15, -0.1) is 0 Å². The molecule has 3 heteroatoms. The second-order valence-electron chi connectivity index (χ2n) is 5.07. The number of hydrogen-bond acceptors (Lipinski definition) is 2. The fourth-order valence-electron chi connectivity index (χ4n) is 2.03. The molecule has 0 bridgehead atoms. The van der Waals surface area contributed by atoms with Crippen molar-refractivity contribution in [3.05, 3.63) is 65.2 Å². The Balaban J connectivity index is 2.07.